The SMILES string of the molecule is CC[C@]1(O)CC[C@H]2C(CC[C@@]3(C)[C@@H]4CC[C@H]([C@H](C)CCS(=O)(=O)c5ccccc5)[C@@]4(C)CC[C@H]23)C1. The predicted octanol–water partition coefficient (Wildman–Crippen LogP) is 7.29. The Morgan fingerprint density at radius 1 is 0.971 bits per heavy atom. The number of benzene rings is 1. The van der Waals surface area contributed by atoms with Crippen molar-refractivity contribution in [2.24, 2.45) is 46.3 Å². The maximum Gasteiger partial charge on any atom is 0.178 e. The molecule has 35 heavy (non-hydrogen) atoms. The molecule has 0 aliphatic heterocycles. The molecule has 3 nitrogen and oxygen atoms in total. The Morgan fingerprint density at radius 2 is 1.69 bits per heavy atom. The first-order chi connectivity index (χ1) is 16.5. The summed E-state index contributed by atoms with van der Waals surface area (Å²) in [5, 5.41) is 11.0. The van der Waals surface area contributed by atoms with Crippen molar-refractivity contribution in [2.75, 3.05) is 5.75 Å². The third-order valence-corrected chi connectivity index (χ3v) is 13.9. The van der Waals surface area contributed by atoms with E-state index in [-0.39, 0.29) is 5.75 Å². The van der Waals surface area contributed by atoms with E-state index in [0.717, 1.165) is 49.4 Å². The van der Waals surface area contributed by atoms with Gasteiger partial charge in [0.25, 0.3) is 0 Å². The number of hydrogen-bond donors (Lipinski definition) is 1. The molecule has 196 valence electrons. The zero-order chi connectivity index (χ0) is 25.1. The first-order valence-corrected chi connectivity index (χ1v) is 16.2. The molecule has 0 spiro atoms. The molecule has 9 atom stereocenters. The van der Waals surface area contributed by atoms with E-state index >= 15 is 0 Å². The van der Waals surface area contributed by atoms with Crippen LogP contribution in [0.1, 0.15) is 98.3 Å². The van der Waals surface area contributed by atoms with E-state index in [2.05, 4.69) is 27.7 Å². The lowest BCUT2D eigenvalue weighted by atomic mass is 9.42. The summed E-state index contributed by atoms with van der Waals surface area (Å²) in [6.45, 7) is 9.69. The molecule has 0 amide bonds. The molecule has 4 fully saturated rings. The van der Waals surface area contributed by atoms with Crippen LogP contribution in [0, 0.1) is 46.3 Å². The van der Waals surface area contributed by atoms with Gasteiger partial charge in [0, 0.05) is 0 Å². The molecule has 0 heterocycles. The highest BCUT2D eigenvalue weighted by Crippen LogP contribution is 2.70. The van der Waals surface area contributed by atoms with E-state index in [9.17, 15) is 13.5 Å². The quantitative estimate of drug-likeness (QED) is 0.446. The molecule has 4 aliphatic carbocycles. The van der Waals surface area contributed by atoms with Crippen LogP contribution in [0.3, 0.4) is 0 Å². The van der Waals surface area contributed by atoms with Crippen LogP contribution in [-0.4, -0.2) is 24.9 Å². The number of fused-ring (bicyclic) bond motifs is 5. The van der Waals surface area contributed by atoms with Gasteiger partial charge in [-0.25, -0.2) is 8.42 Å². The molecule has 0 saturated heterocycles. The lowest BCUT2D eigenvalue weighted by Crippen LogP contribution is -2.56. The highest BCUT2D eigenvalue weighted by atomic mass is 32.2. The highest BCUT2D eigenvalue weighted by Gasteiger charge is 2.63. The molecule has 0 bridgehead atoms. The van der Waals surface area contributed by atoms with Crippen LogP contribution >= 0.6 is 0 Å². The van der Waals surface area contributed by atoms with Crippen molar-refractivity contribution in [2.45, 2.75) is 109 Å². The molecule has 5 rings (SSSR count). The second kappa shape index (κ2) is 9.15. The van der Waals surface area contributed by atoms with Gasteiger partial charge in [0.15, 0.2) is 9.84 Å². The van der Waals surface area contributed by atoms with Crippen LogP contribution in [0.2, 0.25) is 0 Å². The average Bonchev–Trinajstić information content (AvgIpc) is 3.21. The smallest absolute Gasteiger partial charge is 0.178 e. The van der Waals surface area contributed by atoms with Crippen molar-refractivity contribution in [3.63, 3.8) is 0 Å². The molecular formula is C31H48O3S. The van der Waals surface area contributed by atoms with Gasteiger partial charge in [0.2, 0.25) is 0 Å². The normalized spacial score (nSPS) is 44.2. The Bertz CT molecular complexity index is 1010. The summed E-state index contributed by atoms with van der Waals surface area (Å²) in [4.78, 5) is 0.468. The second-order valence-corrected chi connectivity index (χ2v) is 15.7. The lowest BCUT2D eigenvalue weighted by Gasteiger charge is -2.63. The molecule has 1 aromatic rings. The molecule has 1 N–H and O–H groups in total. The monoisotopic (exact) mass is 500 g/mol. The van der Waals surface area contributed by atoms with Gasteiger partial charge in [-0.05, 0) is 129 Å². The Labute approximate surface area is 214 Å². The number of aliphatic hydroxyl groups is 1. The standard InChI is InChI=1S/C31H48O3S/c1-5-31(32)19-14-25-23(21-31)13-17-30(4)27(25)15-18-29(3)26(11-12-28(29)30)22(2)16-20-35(33,34)24-9-7-6-8-10-24/h6-10,22-23,25-28,32H,5,11-21H2,1-4H3/t22-,23?,25+,26-,27-,28-,29-,30-,31+/m1/s1. The van der Waals surface area contributed by atoms with E-state index in [1.54, 1.807) is 12.1 Å². The average molecular weight is 501 g/mol. The van der Waals surface area contributed by atoms with Gasteiger partial charge in [-0.15, -0.1) is 0 Å². The van der Waals surface area contributed by atoms with Crippen LogP contribution in [-0.2, 0) is 9.84 Å². The van der Waals surface area contributed by atoms with Gasteiger partial charge in [-0.1, -0.05) is 45.9 Å². The van der Waals surface area contributed by atoms with Crippen molar-refractivity contribution < 1.29 is 13.5 Å². The molecule has 1 unspecified atom stereocenters. The largest absolute Gasteiger partial charge is 0.390 e. The summed E-state index contributed by atoms with van der Waals surface area (Å²) < 4.78 is 25.9. The summed E-state index contributed by atoms with van der Waals surface area (Å²) in [5.41, 5.74) is 0.347. The fourth-order valence-corrected chi connectivity index (χ4v) is 11.6. The Balaban J connectivity index is 1.29. The minimum atomic E-state index is -3.21. The number of rotatable bonds is 6. The summed E-state index contributed by atoms with van der Waals surface area (Å²) in [6.07, 6.45) is 12.7. The molecule has 4 saturated carbocycles. The summed E-state index contributed by atoms with van der Waals surface area (Å²) in [5.74, 6) is 4.43. The van der Waals surface area contributed by atoms with E-state index in [1.165, 1.54) is 44.9 Å². The van der Waals surface area contributed by atoms with E-state index in [0.29, 0.717) is 27.6 Å². The zero-order valence-corrected chi connectivity index (χ0v) is 23.3. The van der Waals surface area contributed by atoms with Crippen LogP contribution in [0.15, 0.2) is 35.2 Å². The van der Waals surface area contributed by atoms with Crippen molar-refractivity contribution in [3.05, 3.63) is 30.3 Å². The van der Waals surface area contributed by atoms with E-state index < -0.39 is 15.4 Å². The molecular weight excluding hydrogens is 452 g/mol. The van der Waals surface area contributed by atoms with Gasteiger partial charge in [-0.3, -0.25) is 0 Å². The van der Waals surface area contributed by atoms with Gasteiger partial charge in [0.1, 0.15) is 0 Å². The van der Waals surface area contributed by atoms with Crippen LogP contribution < -0.4 is 0 Å². The predicted molar refractivity (Wildman–Crippen MR) is 143 cm³/mol. The van der Waals surface area contributed by atoms with Gasteiger partial charge >= 0.3 is 0 Å². The van der Waals surface area contributed by atoms with Gasteiger partial charge in [0.05, 0.1) is 16.2 Å². The fraction of sp³-hybridized carbons (Fsp3) is 0.806. The first-order valence-electron chi connectivity index (χ1n) is 14.5. The maximum absolute atomic E-state index is 12.9. The van der Waals surface area contributed by atoms with E-state index in [1.807, 2.05) is 18.2 Å². The minimum absolute atomic E-state index is 0.263. The molecule has 1 aromatic carbocycles. The van der Waals surface area contributed by atoms with Gasteiger partial charge < -0.3 is 5.11 Å². The van der Waals surface area contributed by atoms with Crippen LogP contribution in [0.25, 0.3) is 0 Å². The minimum Gasteiger partial charge on any atom is -0.390 e. The Kier molecular flexibility index (Phi) is 6.74. The molecule has 0 aromatic heterocycles. The Morgan fingerprint density at radius 3 is 2.40 bits per heavy atom. The first kappa shape index (κ1) is 25.8. The topological polar surface area (TPSA) is 54.4 Å². The van der Waals surface area contributed by atoms with Crippen molar-refractivity contribution in [1.82, 2.24) is 0 Å². The number of sulfone groups is 1. The fourth-order valence-electron chi connectivity index (χ4n) is 10.1. The maximum atomic E-state index is 12.9. The highest BCUT2D eigenvalue weighted by molar-refractivity contribution is 7.91. The Hall–Kier alpha value is -0.870. The van der Waals surface area contributed by atoms with E-state index in [4.69, 9.17) is 0 Å². The third-order valence-electron chi connectivity index (χ3n) is 12.1. The summed E-state index contributed by atoms with van der Waals surface area (Å²) in [7, 11) is -3.21. The second-order valence-electron chi connectivity index (χ2n) is 13.6. The third kappa shape index (κ3) is 4.33. The molecule has 4 aliphatic rings. The number of hydrogen-bond acceptors (Lipinski definition) is 3. The lowest BCUT2D eigenvalue weighted by molar-refractivity contribution is -0.151. The van der Waals surface area contributed by atoms with Crippen LogP contribution in [0.4, 0.5) is 0 Å². The zero-order valence-electron chi connectivity index (χ0n) is 22.5. The summed E-state index contributed by atoms with van der Waals surface area (Å²) >= 11 is 0. The van der Waals surface area contributed by atoms with Gasteiger partial charge in [-0.2, -0.15) is 0 Å². The summed E-state index contributed by atoms with van der Waals surface area (Å²) in [6, 6.07) is 8.99. The van der Waals surface area contributed by atoms with Crippen LogP contribution in [0.5, 0.6) is 0 Å². The van der Waals surface area contributed by atoms with Crippen molar-refractivity contribution >= 4 is 9.84 Å². The van der Waals surface area contributed by atoms with Crippen molar-refractivity contribution in [3.8, 4) is 0 Å². The molecule has 0 radical (unpaired) electrons. The molecule has 4 heteroatoms. The van der Waals surface area contributed by atoms with Crippen molar-refractivity contribution in [1.29, 1.82) is 0 Å².